The Kier molecular flexibility index (Phi) is 3.19. The predicted octanol–water partition coefficient (Wildman–Crippen LogP) is 3.74. The first kappa shape index (κ1) is 12.5. The van der Waals surface area contributed by atoms with Crippen molar-refractivity contribution in [2.24, 2.45) is 5.41 Å². The van der Waals surface area contributed by atoms with Crippen molar-refractivity contribution >= 4 is 10.8 Å². The zero-order chi connectivity index (χ0) is 13.3. The molecule has 2 heteroatoms. The molecule has 1 aliphatic carbocycles. The van der Waals surface area contributed by atoms with E-state index in [1.807, 2.05) is 0 Å². The molecule has 1 aliphatic rings. The van der Waals surface area contributed by atoms with Crippen molar-refractivity contribution in [3.63, 3.8) is 0 Å². The molecule has 1 N–H and O–H groups in total. The summed E-state index contributed by atoms with van der Waals surface area (Å²) in [6.07, 6.45) is 2.71. The van der Waals surface area contributed by atoms with E-state index in [4.69, 9.17) is 4.74 Å². The van der Waals surface area contributed by atoms with E-state index >= 15 is 0 Å². The zero-order valence-corrected chi connectivity index (χ0v) is 11.7. The lowest BCUT2D eigenvalue weighted by Crippen LogP contribution is -2.21. The van der Waals surface area contributed by atoms with Crippen molar-refractivity contribution in [1.29, 1.82) is 0 Å². The van der Waals surface area contributed by atoms with Crippen LogP contribution >= 0.6 is 0 Å². The molecule has 1 saturated carbocycles. The van der Waals surface area contributed by atoms with E-state index < -0.39 is 0 Å². The number of rotatable bonds is 5. The standard InChI is InChI=1S/C17H21NO/c1-17(9-10-17)12-18-11-15-14-6-4-3-5-13(14)7-8-16(15)19-2/h3-8,18H,9-12H2,1-2H3. The fourth-order valence-electron chi connectivity index (χ4n) is 2.57. The van der Waals surface area contributed by atoms with Gasteiger partial charge in [0.1, 0.15) is 5.75 Å². The first-order chi connectivity index (χ1) is 9.22. The first-order valence-corrected chi connectivity index (χ1v) is 6.97. The fraction of sp³-hybridized carbons (Fsp3) is 0.412. The van der Waals surface area contributed by atoms with E-state index in [9.17, 15) is 0 Å². The van der Waals surface area contributed by atoms with Gasteiger partial charge in [-0.2, -0.15) is 0 Å². The molecule has 0 atom stereocenters. The zero-order valence-electron chi connectivity index (χ0n) is 11.7. The molecule has 0 spiro atoms. The van der Waals surface area contributed by atoms with Crippen LogP contribution < -0.4 is 10.1 Å². The molecule has 0 bridgehead atoms. The molecule has 100 valence electrons. The summed E-state index contributed by atoms with van der Waals surface area (Å²) >= 11 is 0. The van der Waals surface area contributed by atoms with Gasteiger partial charge in [-0.05, 0) is 35.1 Å². The van der Waals surface area contributed by atoms with E-state index in [0.717, 1.165) is 18.8 Å². The van der Waals surface area contributed by atoms with Gasteiger partial charge in [-0.1, -0.05) is 37.3 Å². The van der Waals surface area contributed by atoms with Crippen LogP contribution in [0.15, 0.2) is 36.4 Å². The largest absolute Gasteiger partial charge is 0.496 e. The van der Waals surface area contributed by atoms with Gasteiger partial charge in [-0.3, -0.25) is 0 Å². The average Bonchev–Trinajstić information content (AvgIpc) is 3.17. The van der Waals surface area contributed by atoms with Gasteiger partial charge in [-0.15, -0.1) is 0 Å². The Morgan fingerprint density at radius 1 is 1.16 bits per heavy atom. The van der Waals surface area contributed by atoms with Crippen LogP contribution in [0.5, 0.6) is 5.75 Å². The number of benzene rings is 2. The number of fused-ring (bicyclic) bond motifs is 1. The quantitative estimate of drug-likeness (QED) is 0.878. The molecule has 0 aliphatic heterocycles. The Balaban J connectivity index is 1.86. The highest BCUT2D eigenvalue weighted by atomic mass is 16.5. The molecule has 0 radical (unpaired) electrons. The van der Waals surface area contributed by atoms with Crippen LogP contribution in [0.3, 0.4) is 0 Å². The van der Waals surface area contributed by atoms with Crippen molar-refractivity contribution in [2.45, 2.75) is 26.3 Å². The summed E-state index contributed by atoms with van der Waals surface area (Å²) in [5, 5.41) is 6.15. The monoisotopic (exact) mass is 255 g/mol. The Hall–Kier alpha value is -1.54. The molecule has 0 heterocycles. The summed E-state index contributed by atoms with van der Waals surface area (Å²) in [5.74, 6) is 0.979. The number of methoxy groups -OCH3 is 1. The summed E-state index contributed by atoms with van der Waals surface area (Å²) in [6.45, 7) is 4.32. The second-order valence-electron chi connectivity index (χ2n) is 5.88. The molecular formula is C17H21NO. The van der Waals surface area contributed by atoms with Gasteiger partial charge in [0, 0.05) is 18.7 Å². The lowest BCUT2D eigenvalue weighted by molar-refractivity contribution is 0.406. The van der Waals surface area contributed by atoms with Gasteiger partial charge in [0.15, 0.2) is 0 Å². The summed E-state index contributed by atoms with van der Waals surface area (Å²) in [6, 6.07) is 12.7. The van der Waals surface area contributed by atoms with E-state index in [-0.39, 0.29) is 0 Å². The molecule has 19 heavy (non-hydrogen) atoms. The highest BCUT2D eigenvalue weighted by Gasteiger charge is 2.36. The molecule has 2 aromatic rings. The van der Waals surface area contributed by atoms with Crippen LogP contribution in [-0.4, -0.2) is 13.7 Å². The SMILES string of the molecule is COc1ccc2ccccc2c1CNCC1(C)CC1. The molecule has 0 unspecified atom stereocenters. The summed E-state index contributed by atoms with van der Waals surface area (Å²) < 4.78 is 5.51. The minimum absolute atomic E-state index is 0.540. The van der Waals surface area contributed by atoms with Gasteiger partial charge in [0.25, 0.3) is 0 Å². The third-order valence-corrected chi connectivity index (χ3v) is 4.17. The Labute approximate surface area is 114 Å². The minimum atomic E-state index is 0.540. The fourth-order valence-corrected chi connectivity index (χ4v) is 2.57. The summed E-state index contributed by atoms with van der Waals surface area (Å²) in [7, 11) is 1.75. The van der Waals surface area contributed by atoms with Crippen LogP contribution in [0.1, 0.15) is 25.3 Å². The maximum atomic E-state index is 5.51. The number of nitrogens with one attached hydrogen (secondary N) is 1. The third kappa shape index (κ3) is 2.59. The highest BCUT2D eigenvalue weighted by Crippen LogP contribution is 2.44. The van der Waals surface area contributed by atoms with Gasteiger partial charge in [0.2, 0.25) is 0 Å². The van der Waals surface area contributed by atoms with Gasteiger partial charge in [0.05, 0.1) is 7.11 Å². The van der Waals surface area contributed by atoms with Gasteiger partial charge in [-0.25, -0.2) is 0 Å². The first-order valence-electron chi connectivity index (χ1n) is 6.97. The van der Waals surface area contributed by atoms with E-state index in [1.165, 1.54) is 29.2 Å². The smallest absolute Gasteiger partial charge is 0.123 e. The van der Waals surface area contributed by atoms with Crippen LogP contribution in [0.25, 0.3) is 10.8 Å². The second kappa shape index (κ2) is 4.86. The van der Waals surface area contributed by atoms with E-state index in [1.54, 1.807) is 7.11 Å². The topological polar surface area (TPSA) is 21.3 Å². The number of hydrogen-bond acceptors (Lipinski definition) is 2. The summed E-state index contributed by atoms with van der Waals surface area (Å²) in [5.41, 5.74) is 1.81. The Bertz CT molecular complexity index is 587. The third-order valence-electron chi connectivity index (χ3n) is 4.17. The normalized spacial score (nSPS) is 16.5. The second-order valence-corrected chi connectivity index (χ2v) is 5.88. The molecule has 1 fully saturated rings. The maximum Gasteiger partial charge on any atom is 0.123 e. The van der Waals surface area contributed by atoms with Crippen LogP contribution in [0, 0.1) is 5.41 Å². The lowest BCUT2D eigenvalue weighted by atomic mass is 10.0. The van der Waals surface area contributed by atoms with Crippen molar-refractivity contribution in [2.75, 3.05) is 13.7 Å². The lowest BCUT2D eigenvalue weighted by Gasteiger charge is -2.15. The van der Waals surface area contributed by atoms with Gasteiger partial charge < -0.3 is 10.1 Å². The van der Waals surface area contributed by atoms with Gasteiger partial charge >= 0.3 is 0 Å². The van der Waals surface area contributed by atoms with Crippen molar-refractivity contribution < 1.29 is 4.74 Å². The molecular weight excluding hydrogens is 234 g/mol. The van der Waals surface area contributed by atoms with E-state index in [2.05, 4.69) is 48.6 Å². The number of hydrogen-bond donors (Lipinski definition) is 1. The predicted molar refractivity (Wildman–Crippen MR) is 79.5 cm³/mol. The van der Waals surface area contributed by atoms with Crippen LogP contribution in [0.4, 0.5) is 0 Å². The molecule has 0 amide bonds. The minimum Gasteiger partial charge on any atom is -0.496 e. The average molecular weight is 255 g/mol. The Morgan fingerprint density at radius 2 is 1.95 bits per heavy atom. The van der Waals surface area contributed by atoms with Crippen molar-refractivity contribution in [3.8, 4) is 5.75 Å². The molecule has 2 nitrogen and oxygen atoms in total. The highest BCUT2D eigenvalue weighted by molar-refractivity contribution is 5.87. The maximum absolute atomic E-state index is 5.51. The molecule has 3 rings (SSSR count). The molecule has 2 aromatic carbocycles. The molecule has 0 saturated heterocycles. The van der Waals surface area contributed by atoms with Crippen molar-refractivity contribution in [1.82, 2.24) is 5.32 Å². The molecule has 0 aromatic heterocycles. The van der Waals surface area contributed by atoms with Crippen LogP contribution in [0.2, 0.25) is 0 Å². The number of ether oxygens (including phenoxy) is 1. The van der Waals surface area contributed by atoms with Crippen molar-refractivity contribution in [3.05, 3.63) is 42.0 Å². The van der Waals surface area contributed by atoms with Crippen LogP contribution in [-0.2, 0) is 6.54 Å². The van der Waals surface area contributed by atoms with E-state index in [0.29, 0.717) is 5.41 Å². The Morgan fingerprint density at radius 3 is 2.68 bits per heavy atom. The summed E-state index contributed by atoms with van der Waals surface area (Å²) in [4.78, 5) is 0.